The number of hydrogen-bond acceptors (Lipinski definition) is 5. The predicted octanol–water partition coefficient (Wildman–Crippen LogP) is 3.42. The molecular weight excluding hydrogens is 256 g/mol. The summed E-state index contributed by atoms with van der Waals surface area (Å²) in [7, 11) is 0. The Morgan fingerprint density at radius 2 is 2.24 bits per heavy atom. The first kappa shape index (κ1) is 11.8. The Kier molecular flexibility index (Phi) is 3.27. The third-order valence-corrected chi connectivity index (χ3v) is 3.63. The third kappa shape index (κ3) is 2.38. The Bertz CT molecular complexity index is 581. The Morgan fingerprint density at radius 3 is 2.82 bits per heavy atom. The van der Waals surface area contributed by atoms with Gasteiger partial charge >= 0.3 is 0 Å². The van der Waals surface area contributed by atoms with Gasteiger partial charge in [-0.15, -0.1) is 11.3 Å². The van der Waals surface area contributed by atoms with Crippen LogP contribution in [-0.2, 0) is 0 Å². The lowest BCUT2D eigenvalue weighted by Crippen LogP contribution is -1.95. The maximum atomic E-state index is 8.85. The van der Waals surface area contributed by atoms with Crippen molar-refractivity contribution in [2.24, 2.45) is 0 Å². The number of aryl methyl sites for hydroxylation is 2. The van der Waals surface area contributed by atoms with Crippen molar-refractivity contribution in [1.82, 2.24) is 9.97 Å². The van der Waals surface area contributed by atoms with Gasteiger partial charge in [0.2, 0.25) is 0 Å². The van der Waals surface area contributed by atoms with Crippen molar-refractivity contribution in [3.05, 3.63) is 33.4 Å². The number of nitriles is 1. The smallest absolute Gasteiger partial charge is 0.188 e. The molecule has 17 heavy (non-hydrogen) atoms. The van der Waals surface area contributed by atoms with Gasteiger partial charge in [0.15, 0.2) is 10.9 Å². The number of pyridine rings is 1. The van der Waals surface area contributed by atoms with Crippen LogP contribution in [0.1, 0.15) is 16.1 Å². The van der Waals surface area contributed by atoms with E-state index in [1.54, 1.807) is 12.3 Å². The minimum Gasteiger partial charge on any atom is -0.315 e. The van der Waals surface area contributed by atoms with Crippen LogP contribution in [0, 0.1) is 25.2 Å². The van der Waals surface area contributed by atoms with Gasteiger partial charge in [-0.2, -0.15) is 5.26 Å². The van der Waals surface area contributed by atoms with Gasteiger partial charge in [-0.1, -0.05) is 11.6 Å². The molecular formula is C11H9ClN4S. The summed E-state index contributed by atoms with van der Waals surface area (Å²) in [4.78, 5) is 9.56. The number of halogens is 1. The summed E-state index contributed by atoms with van der Waals surface area (Å²) in [5, 5.41) is 12.9. The minimum atomic E-state index is 0.320. The monoisotopic (exact) mass is 264 g/mol. The number of hydrogen-bond donors (Lipinski definition) is 1. The number of nitrogens with zero attached hydrogens (tertiary/aromatic N) is 3. The molecule has 1 N–H and O–H groups in total. The summed E-state index contributed by atoms with van der Waals surface area (Å²) in [5.74, 6) is 0.458. The maximum Gasteiger partial charge on any atom is 0.188 e. The van der Waals surface area contributed by atoms with E-state index in [0.717, 1.165) is 15.7 Å². The lowest BCUT2D eigenvalue weighted by Gasteiger charge is -2.04. The molecule has 2 heterocycles. The molecule has 0 unspecified atom stereocenters. The van der Waals surface area contributed by atoms with Gasteiger partial charge in [0.25, 0.3) is 0 Å². The Labute approximate surface area is 108 Å². The van der Waals surface area contributed by atoms with E-state index in [2.05, 4.69) is 15.3 Å². The number of rotatable bonds is 2. The van der Waals surface area contributed by atoms with Crippen LogP contribution in [0.4, 0.5) is 10.9 Å². The van der Waals surface area contributed by atoms with E-state index in [1.165, 1.54) is 11.3 Å². The van der Waals surface area contributed by atoms with Gasteiger partial charge in [-0.25, -0.2) is 9.97 Å². The Morgan fingerprint density at radius 1 is 1.47 bits per heavy atom. The molecule has 0 amide bonds. The fraction of sp³-hybridized carbons (Fsp3) is 0.182. The fourth-order valence-corrected chi connectivity index (χ4v) is 2.26. The molecule has 0 aromatic carbocycles. The average molecular weight is 265 g/mol. The molecule has 0 bridgehead atoms. The lowest BCUT2D eigenvalue weighted by molar-refractivity contribution is 1.21. The molecule has 0 aliphatic carbocycles. The van der Waals surface area contributed by atoms with Crippen LogP contribution >= 0.6 is 22.9 Å². The van der Waals surface area contributed by atoms with E-state index >= 15 is 0 Å². The highest BCUT2D eigenvalue weighted by atomic mass is 35.5. The predicted molar refractivity (Wildman–Crippen MR) is 68.8 cm³/mol. The van der Waals surface area contributed by atoms with Gasteiger partial charge in [0, 0.05) is 11.1 Å². The van der Waals surface area contributed by atoms with Gasteiger partial charge in [0.05, 0.1) is 11.3 Å². The van der Waals surface area contributed by atoms with Crippen molar-refractivity contribution in [2.45, 2.75) is 13.8 Å². The standard InChI is InChI=1S/C11H9ClN4S/c1-6-7(2)17-11(15-6)16-10-9(12)8(5-13)3-4-14-10/h3-4H,1-2H3,(H,14,15,16). The topological polar surface area (TPSA) is 61.6 Å². The van der Waals surface area contributed by atoms with Crippen LogP contribution in [0.3, 0.4) is 0 Å². The van der Waals surface area contributed by atoms with E-state index in [-0.39, 0.29) is 0 Å². The van der Waals surface area contributed by atoms with Crippen molar-refractivity contribution in [2.75, 3.05) is 5.32 Å². The van der Waals surface area contributed by atoms with Crippen LogP contribution in [-0.4, -0.2) is 9.97 Å². The van der Waals surface area contributed by atoms with Gasteiger partial charge < -0.3 is 5.32 Å². The maximum absolute atomic E-state index is 8.85. The molecule has 86 valence electrons. The lowest BCUT2D eigenvalue weighted by atomic mass is 10.3. The first-order chi connectivity index (χ1) is 8.11. The third-order valence-electron chi connectivity index (χ3n) is 2.26. The van der Waals surface area contributed by atoms with E-state index in [4.69, 9.17) is 16.9 Å². The molecule has 0 aliphatic rings. The molecule has 0 fully saturated rings. The molecule has 4 nitrogen and oxygen atoms in total. The first-order valence-corrected chi connectivity index (χ1v) is 6.07. The van der Waals surface area contributed by atoms with E-state index < -0.39 is 0 Å². The molecule has 2 rings (SSSR count). The van der Waals surface area contributed by atoms with Crippen molar-refractivity contribution in [3.63, 3.8) is 0 Å². The summed E-state index contributed by atoms with van der Waals surface area (Å²) in [6, 6.07) is 3.58. The molecule has 6 heteroatoms. The largest absolute Gasteiger partial charge is 0.315 e. The minimum absolute atomic E-state index is 0.320. The zero-order chi connectivity index (χ0) is 12.4. The molecule has 0 atom stereocenters. The summed E-state index contributed by atoms with van der Waals surface area (Å²) in [6.07, 6.45) is 1.54. The number of aromatic nitrogens is 2. The van der Waals surface area contributed by atoms with Crippen molar-refractivity contribution < 1.29 is 0 Å². The van der Waals surface area contributed by atoms with Crippen LogP contribution < -0.4 is 5.32 Å². The van der Waals surface area contributed by atoms with E-state index in [0.29, 0.717) is 16.4 Å². The van der Waals surface area contributed by atoms with Crippen LogP contribution in [0.15, 0.2) is 12.3 Å². The normalized spacial score (nSPS) is 10.0. The number of thiazole rings is 1. The summed E-state index contributed by atoms with van der Waals surface area (Å²) < 4.78 is 0. The van der Waals surface area contributed by atoms with Gasteiger partial charge in [-0.3, -0.25) is 0 Å². The quantitative estimate of drug-likeness (QED) is 0.903. The second-order valence-corrected chi connectivity index (χ2v) is 5.00. The molecule has 0 spiro atoms. The second kappa shape index (κ2) is 4.70. The summed E-state index contributed by atoms with van der Waals surface area (Å²) >= 11 is 7.56. The fourth-order valence-electron chi connectivity index (χ4n) is 1.24. The SMILES string of the molecule is Cc1nc(Nc2nccc(C#N)c2Cl)sc1C. The second-order valence-electron chi connectivity index (χ2n) is 3.42. The number of anilines is 2. The average Bonchev–Trinajstić information content (AvgIpc) is 2.61. The van der Waals surface area contributed by atoms with Crippen molar-refractivity contribution in [1.29, 1.82) is 5.26 Å². The van der Waals surface area contributed by atoms with Crippen LogP contribution in [0.2, 0.25) is 5.02 Å². The Hall–Kier alpha value is -1.64. The van der Waals surface area contributed by atoms with Crippen molar-refractivity contribution in [3.8, 4) is 6.07 Å². The van der Waals surface area contributed by atoms with Crippen LogP contribution in [0.25, 0.3) is 0 Å². The zero-order valence-corrected chi connectivity index (χ0v) is 10.9. The van der Waals surface area contributed by atoms with E-state index in [1.807, 2.05) is 19.9 Å². The Balaban J connectivity index is 2.34. The molecule has 0 saturated carbocycles. The molecule has 0 saturated heterocycles. The molecule has 2 aromatic heterocycles. The number of nitrogens with one attached hydrogen (secondary N) is 1. The highest BCUT2D eigenvalue weighted by Gasteiger charge is 2.10. The summed E-state index contributed by atoms with van der Waals surface area (Å²) in [6.45, 7) is 3.94. The van der Waals surface area contributed by atoms with Crippen LogP contribution in [0.5, 0.6) is 0 Å². The first-order valence-electron chi connectivity index (χ1n) is 4.87. The zero-order valence-electron chi connectivity index (χ0n) is 9.28. The van der Waals surface area contributed by atoms with Gasteiger partial charge in [0.1, 0.15) is 11.1 Å². The molecule has 0 radical (unpaired) electrons. The van der Waals surface area contributed by atoms with Crippen molar-refractivity contribution >= 4 is 33.9 Å². The summed E-state index contributed by atoms with van der Waals surface area (Å²) in [5.41, 5.74) is 1.37. The highest BCUT2D eigenvalue weighted by molar-refractivity contribution is 7.15. The molecule has 2 aromatic rings. The highest BCUT2D eigenvalue weighted by Crippen LogP contribution is 2.29. The molecule has 0 aliphatic heterocycles. The van der Waals surface area contributed by atoms with E-state index in [9.17, 15) is 0 Å². The van der Waals surface area contributed by atoms with Gasteiger partial charge in [-0.05, 0) is 19.9 Å².